The van der Waals surface area contributed by atoms with Crippen LogP contribution in [-0.4, -0.2) is 29.2 Å². The van der Waals surface area contributed by atoms with E-state index < -0.39 is 17.8 Å². The Hall–Kier alpha value is -1.88. The van der Waals surface area contributed by atoms with Gasteiger partial charge in [-0.2, -0.15) is 0 Å². The number of carboxylic acid groups (broad SMARTS) is 1. The molecule has 0 radical (unpaired) electrons. The molecule has 5 nitrogen and oxygen atoms in total. The van der Waals surface area contributed by atoms with E-state index in [4.69, 9.17) is 4.74 Å². The molecule has 20 heavy (non-hydrogen) atoms. The molecule has 2 bridgehead atoms. The van der Waals surface area contributed by atoms with Crippen LogP contribution in [0.15, 0.2) is 24.3 Å². The summed E-state index contributed by atoms with van der Waals surface area (Å²) < 4.78 is 5.60. The first kappa shape index (κ1) is 13.1. The molecule has 0 unspecified atom stereocenters. The average Bonchev–Trinajstić information content (AvgIpc) is 3.01. The Bertz CT molecular complexity index is 539. The van der Waals surface area contributed by atoms with Crippen LogP contribution in [0.4, 0.5) is 5.69 Å². The first-order valence-corrected chi connectivity index (χ1v) is 6.82. The van der Waals surface area contributed by atoms with Crippen molar-refractivity contribution in [1.82, 2.24) is 0 Å². The van der Waals surface area contributed by atoms with E-state index in [1.165, 1.54) is 0 Å². The number of benzene rings is 1. The molecule has 0 aromatic heterocycles. The summed E-state index contributed by atoms with van der Waals surface area (Å²) in [7, 11) is 0. The summed E-state index contributed by atoms with van der Waals surface area (Å²) in [4.78, 5) is 23.7. The summed E-state index contributed by atoms with van der Waals surface area (Å²) in [5.41, 5.74) is 1.79. The fraction of sp³-hybridized carbons (Fsp3) is 0.467. The molecule has 2 fully saturated rings. The normalized spacial score (nSPS) is 31.2. The first-order valence-electron chi connectivity index (χ1n) is 6.82. The van der Waals surface area contributed by atoms with Crippen molar-refractivity contribution in [1.29, 1.82) is 0 Å². The van der Waals surface area contributed by atoms with Crippen molar-refractivity contribution < 1.29 is 19.4 Å². The molecule has 106 valence electrons. The highest BCUT2D eigenvalue weighted by atomic mass is 16.5. The van der Waals surface area contributed by atoms with Crippen LogP contribution < -0.4 is 5.32 Å². The number of aryl methyl sites for hydroxylation is 1. The molecule has 2 heterocycles. The Morgan fingerprint density at radius 1 is 1.15 bits per heavy atom. The number of ether oxygens (including phenoxy) is 1. The summed E-state index contributed by atoms with van der Waals surface area (Å²) in [5, 5.41) is 12.1. The van der Waals surface area contributed by atoms with Crippen molar-refractivity contribution in [3.05, 3.63) is 29.8 Å². The van der Waals surface area contributed by atoms with Gasteiger partial charge in [0.2, 0.25) is 5.91 Å². The second kappa shape index (κ2) is 4.90. The van der Waals surface area contributed by atoms with Gasteiger partial charge in [-0.3, -0.25) is 9.59 Å². The van der Waals surface area contributed by atoms with E-state index in [1.807, 2.05) is 31.2 Å². The highest BCUT2D eigenvalue weighted by Gasteiger charge is 2.55. The smallest absolute Gasteiger partial charge is 0.310 e. The van der Waals surface area contributed by atoms with E-state index >= 15 is 0 Å². The lowest BCUT2D eigenvalue weighted by Gasteiger charge is -2.23. The molecule has 2 N–H and O–H groups in total. The van der Waals surface area contributed by atoms with Crippen LogP contribution in [0.2, 0.25) is 0 Å². The topological polar surface area (TPSA) is 75.6 Å². The Morgan fingerprint density at radius 2 is 1.75 bits per heavy atom. The van der Waals surface area contributed by atoms with E-state index in [9.17, 15) is 14.7 Å². The third-order valence-corrected chi connectivity index (χ3v) is 4.18. The van der Waals surface area contributed by atoms with E-state index in [2.05, 4.69) is 5.32 Å². The molecule has 3 rings (SSSR count). The number of hydrogen-bond acceptors (Lipinski definition) is 3. The van der Waals surface area contributed by atoms with Crippen molar-refractivity contribution in [2.45, 2.75) is 32.0 Å². The number of amides is 1. The Balaban J connectivity index is 1.76. The van der Waals surface area contributed by atoms with Gasteiger partial charge in [-0.05, 0) is 31.9 Å². The van der Waals surface area contributed by atoms with Crippen LogP contribution in [0.5, 0.6) is 0 Å². The van der Waals surface area contributed by atoms with Crippen molar-refractivity contribution in [2.75, 3.05) is 5.32 Å². The van der Waals surface area contributed by atoms with Gasteiger partial charge in [-0.1, -0.05) is 17.7 Å². The minimum Gasteiger partial charge on any atom is -0.481 e. The standard InChI is InChI=1S/C15H17NO4/c1-8-2-4-9(5-3-8)16-14(17)12-10-6-7-11(20-10)13(12)15(18)19/h2-5,10-13H,6-7H2,1H3,(H,16,17)(H,18,19)/t10-,11+,12-,13+/m1/s1. The van der Waals surface area contributed by atoms with Gasteiger partial charge in [-0.25, -0.2) is 0 Å². The van der Waals surface area contributed by atoms with Crippen LogP contribution >= 0.6 is 0 Å². The van der Waals surface area contributed by atoms with Crippen molar-refractivity contribution >= 4 is 17.6 Å². The fourth-order valence-corrected chi connectivity index (χ4v) is 3.19. The number of carbonyl (C=O) groups is 2. The van der Waals surface area contributed by atoms with E-state index in [1.54, 1.807) is 0 Å². The Morgan fingerprint density at radius 3 is 2.35 bits per heavy atom. The van der Waals surface area contributed by atoms with E-state index in [-0.39, 0.29) is 18.1 Å². The fourth-order valence-electron chi connectivity index (χ4n) is 3.19. The van der Waals surface area contributed by atoms with Crippen molar-refractivity contribution in [2.24, 2.45) is 11.8 Å². The lowest BCUT2D eigenvalue weighted by molar-refractivity contribution is -0.147. The molecule has 0 aliphatic carbocycles. The maximum atomic E-state index is 12.3. The molecular weight excluding hydrogens is 258 g/mol. The zero-order valence-electron chi connectivity index (χ0n) is 11.2. The van der Waals surface area contributed by atoms with Gasteiger partial charge in [0.1, 0.15) is 0 Å². The third kappa shape index (κ3) is 2.18. The van der Waals surface area contributed by atoms with E-state index in [0.717, 1.165) is 18.4 Å². The Labute approximate surface area is 116 Å². The number of carboxylic acids is 1. The number of aliphatic carboxylic acids is 1. The zero-order chi connectivity index (χ0) is 14.3. The second-order valence-corrected chi connectivity index (χ2v) is 5.54. The monoisotopic (exact) mass is 275 g/mol. The number of fused-ring (bicyclic) bond motifs is 2. The molecule has 2 aliphatic rings. The van der Waals surface area contributed by atoms with Gasteiger partial charge in [-0.15, -0.1) is 0 Å². The molecule has 2 aliphatic heterocycles. The number of hydrogen-bond donors (Lipinski definition) is 2. The van der Waals surface area contributed by atoms with Crippen molar-refractivity contribution in [3.8, 4) is 0 Å². The largest absolute Gasteiger partial charge is 0.481 e. The maximum Gasteiger partial charge on any atom is 0.310 e. The molecule has 4 atom stereocenters. The SMILES string of the molecule is Cc1ccc(NC(=O)[C@H]2[C@@H](C(=O)O)[C@@H]3CC[C@H]2O3)cc1. The maximum absolute atomic E-state index is 12.3. The van der Waals surface area contributed by atoms with Gasteiger partial charge in [0.25, 0.3) is 0 Å². The lowest BCUT2D eigenvalue weighted by atomic mass is 9.78. The summed E-state index contributed by atoms with van der Waals surface area (Å²) >= 11 is 0. The van der Waals surface area contributed by atoms with Crippen LogP contribution in [0.3, 0.4) is 0 Å². The molecule has 0 saturated carbocycles. The Kier molecular flexibility index (Phi) is 3.22. The molecule has 5 heteroatoms. The van der Waals surface area contributed by atoms with Crippen LogP contribution in [0.25, 0.3) is 0 Å². The minimum absolute atomic E-state index is 0.256. The van der Waals surface area contributed by atoms with Gasteiger partial charge in [0.05, 0.1) is 24.0 Å². The molecule has 0 spiro atoms. The summed E-state index contributed by atoms with van der Waals surface area (Å²) in [5.74, 6) is -2.51. The highest BCUT2D eigenvalue weighted by molar-refractivity contribution is 5.96. The zero-order valence-corrected chi connectivity index (χ0v) is 11.2. The summed E-state index contributed by atoms with van der Waals surface area (Å²) in [6, 6.07) is 7.44. The quantitative estimate of drug-likeness (QED) is 0.882. The number of nitrogens with one attached hydrogen (secondary N) is 1. The minimum atomic E-state index is -0.943. The molecule has 1 aromatic rings. The first-order chi connectivity index (χ1) is 9.56. The van der Waals surface area contributed by atoms with Gasteiger partial charge in [0.15, 0.2) is 0 Å². The number of rotatable bonds is 3. The van der Waals surface area contributed by atoms with Gasteiger partial charge >= 0.3 is 5.97 Å². The third-order valence-electron chi connectivity index (χ3n) is 4.18. The van der Waals surface area contributed by atoms with Crippen LogP contribution in [0, 0.1) is 18.8 Å². The van der Waals surface area contributed by atoms with Gasteiger partial charge < -0.3 is 15.2 Å². The average molecular weight is 275 g/mol. The highest BCUT2D eigenvalue weighted by Crippen LogP contribution is 2.44. The second-order valence-electron chi connectivity index (χ2n) is 5.54. The summed E-state index contributed by atoms with van der Waals surface area (Å²) in [6.45, 7) is 1.97. The number of carbonyl (C=O) groups excluding carboxylic acids is 1. The van der Waals surface area contributed by atoms with Crippen molar-refractivity contribution in [3.63, 3.8) is 0 Å². The number of anilines is 1. The molecule has 1 amide bonds. The van der Waals surface area contributed by atoms with E-state index in [0.29, 0.717) is 5.69 Å². The molecular formula is C15H17NO4. The summed E-state index contributed by atoms with van der Waals surface area (Å²) in [6.07, 6.45) is 0.925. The van der Waals surface area contributed by atoms with Crippen LogP contribution in [0.1, 0.15) is 18.4 Å². The molecule has 2 saturated heterocycles. The predicted octanol–water partition coefficient (Wildman–Crippen LogP) is 1.81. The van der Waals surface area contributed by atoms with Gasteiger partial charge in [0, 0.05) is 5.69 Å². The predicted molar refractivity (Wildman–Crippen MR) is 72.3 cm³/mol. The molecule has 1 aromatic carbocycles. The van der Waals surface area contributed by atoms with Crippen LogP contribution in [-0.2, 0) is 14.3 Å². The lowest BCUT2D eigenvalue weighted by Crippen LogP contribution is -2.40.